The Morgan fingerprint density at radius 2 is 1.72 bits per heavy atom. The fourth-order valence-corrected chi connectivity index (χ4v) is 4.90. The van der Waals surface area contributed by atoms with Crippen molar-refractivity contribution >= 4 is 17.7 Å². The number of methoxy groups -OCH3 is 1. The number of benzene rings is 2. The van der Waals surface area contributed by atoms with Crippen molar-refractivity contribution in [2.24, 2.45) is 5.92 Å². The van der Waals surface area contributed by atoms with Crippen LogP contribution >= 0.6 is 0 Å². The van der Waals surface area contributed by atoms with Crippen molar-refractivity contribution in [3.8, 4) is 5.75 Å². The van der Waals surface area contributed by atoms with E-state index in [2.05, 4.69) is 5.32 Å². The minimum absolute atomic E-state index is 0.0276. The minimum atomic E-state index is -0.945. The van der Waals surface area contributed by atoms with Crippen molar-refractivity contribution in [2.75, 3.05) is 33.4 Å². The maximum Gasteiger partial charge on any atom is 0.256 e. The van der Waals surface area contributed by atoms with Crippen LogP contribution in [0.2, 0.25) is 0 Å². The van der Waals surface area contributed by atoms with E-state index in [0.717, 1.165) is 5.56 Å². The SMILES string of the molecule is COc1ccc(C(=O)N2C(C(=O)NCC(C)C)COC23CCN(C(=O)c2ccccc2C)CC3)cc1. The van der Waals surface area contributed by atoms with Crippen LogP contribution in [0.3, 0.4) is 0 Å². The quantitative estimate of drug-likeness (QED) is 0.668. The number of aryl methyl sites for hydroxylation is 1. The zero-order valence-corrected chi connectivity index (χ0v) is 21.5. The molecule has 2 aromatic rings. The Balaban J connectivity index is 1.57. The van der Waals surface area contributed by atoms with E-state index in [-0.39, 0.29) is 30.2 Å². The maximum absolute atomic E-state index is 13.8. The number of hydrogen-bond donors (Lipinski definition) is 1. The lowest BCUT2D eigenvalue weighted by Gasteiger charge is -2.44. The predicted molar refractivity (Wildman–Crippen MR) is 136 cm³/mol. The van der Waals surface area contributed by atoms with E-state index in [1.165, 1.54) is 0 Å². The van der Waals surface area contributed by atoms with Crippen LogP contribution in [-0.4, -0.2) is 72.6 Å². The number of hydrogen-bond acceptors (Lipinski definition) is 5. The van der Waals surface area contributed by atoms with Crippen LogP contribution in [0.15, 0.2) is 48.5 Å². The van der Waals surface area contributed by atoms with Gasteiger partial charge in [0.25, 0.3) is 11.8 Å². The van der Waals surface area contributed by atoms with E-state index < -0.39 is 11.8 Å². The van der Waals surface area contributed by atoms with Gasteiger partial charge in [0.2, 0.25) is 5.91 Å². The van der Waals surface area contributed by atoms with Gasteiger partial charge in [-0.15, -0.1) is 0 Å². The van der Waals surface area contributed by atoms with Gasteiger partial charge in [-0.2, -0.15) is 0 Å². The van der Waals surface area contributed by atoms with Crippen molar-refractivity contribution in [2.45, 2.75) is 45.4 Å². The van der Waals surface area contributed by atoms with Gasteiger partial charge in [0.15, 0.2) is 0 Å². The van der Waals surface area contributed by atoms with Gasteiger partial charge >= 0.3 is 0 Å². The van der Waals surface area contributed by atoms with Crippen molar-refractivity contribution in [3.05, 3.63) is 65.2 Å². The molecule has 2 aromatic carbocycles. The summed E-state index contributed by atoms with van der Waals surface area (Å²) < 4.78 is 11.5. The lowest BCUT2D eigenvalue weighted by Crippen LogP contribution is -2.60. The van der Waals surface area contributed by atoms with E-state index >= 15 is 0 Å². The van der Waals surface area contributed by atoms with Crippen LogP contribution in [0.25, 0.3) is 0 Å². The first-order valence-corrected chi connectivity index (χ1v) is 12.5. The highest BCUT2D eigenvalue weighted by Crippen LogP contribution is 2.39. The Labute approximate surface area is 212 Å². The first kappa shape index (κ1) is 25.7. The number of amides is 3. The molecule has 0 aliphatic carbocycles. The van der Waals surface area contributed by atoms with Crippen molar-refractivity contribution < 1.29 is 23.9 Å². The summed E-state index contributed by atoms with van der Waals surface area (Å²) in [6.07, 6.45) is 0.862. The summed E-state index contributed by atoms with van der Waals surface area (Å²) in [5, 5.41) is 2.96. The summed E-state index contributed by atoms with van der Waals surface area (Å²) in [7, 11) is 1.57. The van der Waals surface area contributed by atoms with Gasteiger partial charge in [-0.3, -0.25) is 19.3 Å². The second-order valence-electron chi connectivity index (χ2n) is 9.92. The molecule has 0 radical (unpaired) electrons. The molecule has 0 aromatic heterocycles. The van der Waals surface area contributed by atoms with E-state index in [9.17, 15) is 14.4 Å². The van der Waals surface area contributed by atoms with Crippen LogP contribution in [0, 0.1) is 12.8 Å². The highest BCUT2D eigenvalue weighted by Gasteiger charge is 2.54. The van der Waals surface area contributed by atoms with Crippen molar-refractivity contribution in [1.82, 2.24) is 15.1 Å². The Morgan fingerprint density at radius 1 is 1.06 bits per heavy atom. The molecule has 2 aliphatic rings. The number of ether oxygens (including phenoxy) is 2. The van der Waals surface area contributed by atoms with E-state index in [1.54, 1.807) is 41.2 Å². The molecule has 0 bridgehead atoms. The lowest BCUT2D eigenvalue weighted by molar-refractivity contribution is -0.128. The fourth-order valence-electron chi connectivity index (χ4n) is 4.90. The minimum Gasteiger partial charge on any atom is -0.497 e. The second kappa shape index (κ2) is 10.7. The molecule has 192 valence electrons. The van der Waals surface area contributed by atoms with Crippen LogP contribution < -0.4 is 10.1 Å². The van der Waals surface area contributed by atoms with E-state index in [1.807, 2.05) is 45.0 Å². The topological polar surface area (TPSA) is 88.2 Å². The number of carbonyl (C=O) groups excluding carboxylic acids is 3. The third kappa shape index (κ3) is 5.09. The molecule has 2 saturated heterocycles. The predicted octanol–water partition coefficient (Wildman–Crippen LogP) is 3.25. The van der Waals surface area contributed by atoms with Crippen LogP contribution in [0.5, 0.6) is 5.75 Å². The monoisotopic (exact) mass is 493 g/mol. The Hall–Kier alpha value is -3.39. The first-order chi connectivity index (χ1) is 17.3. The number of nitrogens with zero attached hydrogens (tertiary/aromatic N) is 2. The van der Waals surface area contributed by atoms with Crippen LogP contribution in [-0.2, 0) is 9.53 Å². The molecule has 36 heavy (non-hydrogen) atoms. The third-order valence-corrected chi connectivity index (χ3v) is 7.01. The standard InChI is InChI=1S/C28H35N3O5/c1-19(2)17-29-25(32)24-18-36-28(31(24)26(33)21-9-11-22(35-4)12-10-21)13-15-30(16-14-28)27(34)23-8-6-5-7-20(23)3/h5-12,19,24H,13-18H2,1-4H3,(H,29,32). The number of likely N-dealkylation sites (tertiary alicyclic amines) is 1. The molecular weight excluding hydrogens is 458 g/mol. The lowest BCUT2D eigenvalue weighted by atomic mass is 9.95. The smallest absolute Gasteiger partial charge is 0.256 e. The summed E-state index contributed by atoms with van der Waals surface area (Å²) >= 11 is 0. The number of rotatable bonds is 6. The molecule has 3 amide bonds. The molecule has 1 N–H and O–H groups in total. The fraction of sp³-hybridized carbons (Fsp3) is 0.464. The Bertz CT molecular complexity index is 1110. The zero-order valence-electron chi connectivity index (χ0n) is 21.5. The third-order valence-electron chi connectivity index (χ3n) is 7.01. The average Bonchev–Trinajstić information content (AvgIpc) is 3.25. The summed E-state index contributed by atoms with van der Waals surface area (Å²) in [5.41, 5.74) is 1.12. The number of nitrogens with one attached hydrogen (secondary N) is 1. The largest absolute Gasteiger partial charge is 0.497 e. The van der Waals surface area contributed by atoms with Gasteiger partial charge in [0, 0.05) is 43.6 Å². The summed E-state index contributed by atoms with van der Waals surface area (Å²) in [4.78, 5) is 43.5. The average molecular weight is 494 g/mol. The van der Waals surface area contributed by atoms with Crippen LogP contribution in [0.4, 0.5) is 0 Å². The molecule has 2 heterocycles. The zero-order chi connectivity index (χ0) is 25.9. The molecule has 0 saturated carbocycles. The summed E-state index contributed by atoms with van der Waals surface area (Å²) in [5.74, 6) is 0.416. The van der Waals surface area contributed by atoms with Crippen molar-refractivity contribution in [3.63, 3.8) is 0 Å². The summed E-state index contributed by atoms with van der Waals surface area (Å²) in [6, 6.07) is 13.7. The molecule has 8 heteroatoms. The van der Waals surface area contributed by atoms with E-state index in [0.29, 0.717) is 49.4 Å². The van der Waals surface area contributed by atoms with Gasteiger partial charge in [-0.25, -0.2) is 0 Å². The first-order valence-electron chi connectivity index (χ1n) is 12.5. The Morgan fingerprint density at radius 3 is 2.33 bits per heavy atom. The van der Waals surface area contributed by atoms with Crippen LogP contribution in [0.1, 0.15) is 53.0 Å². The maximum atomic E-state index is 13.8. The molecular formula is C28H35N3O5. The number of carbonyl (C=O) groups is 3. The summed E-state index contributed by atoms with van der Waals surface area (Å²) in [6.45, 7) is 7.47. The van der Waals surface area contributed by atoms with Gasteiger partial charge < -0.3 is 19.7 Å². The molecule has 4 rings (SSSR count). The van der Waals surface area contributed by atoms with E-state index in [4.69, 9.17) is 9.47 Å². The molecule has 1 spiro atoms. The van der Waals surface area contributed by atoms with Gasteiger partial charge in [-0.05, 0) is 48.7 Å². The normalized spacial score (nSPS) is 19.0. The number of piperidine rings is 1. The van der Waals surface area contributed by atoms with Gasteiger partial charge in [0.1, 0.15) is 17.5 Å². The highest BCUT2D eigenvalue weighted by molar-refractivity contribution is 5.99. The molecule has 2 fully saturated rings. The molecule has 1 unspecified atom stereocenters. The van der Waals surface area contributed by atoms with Crippen molar-refractivity contribution in [1.29, 1.82) is 0 Å². The molecule has 2 aliphatic heterocycles. The van der Waals surface area contributed by atoms with Gasteiger partial charge in [-0.1, -0.05) is 32.0 Å². The highest BCUT2D eigenvalue weighted by atomic mass is 16.5. The molecule has 1 atom stereocenters. The Kier molecular flexibility index (Phi) is 7.64. The van der Waals surface area contributed by atoms with Gasteiger partial charge in [0.05, 0.1) is 13.7 Å². The molecule has 8 nitrogen and oxygen atoms in total. The second-order valence-corrected chi connectivity index (χ2v) is 9.92.